The number of H-pyrrole nitrogens is 1. The number of aromatic hydroxyl groups is 1. The molecule has 0 radical (unpaired) electrons. The van der Waals surface area contributed by atoms with Gasteiger partial charge < -0.3 is 107 Å². The summed E-state index contributed by atoms with van der Waals surface area (Å²) >= 11 is 0. The van der Waals surface area contributed by atoms with E-state index in [4.69, 9.17) is 17.2 Å². The Bertz CT molecular complexity index is 3930. The second-order valence-electron chi connectivity index (χ2n) is 27.6. The lowest BCUT2D eigenvalue weighted by Gasteiger charge is -2.28. The molecule has 1 aromatic heterocycles. The average molecular weight is 1510 g/mol. The molecule has 0 aliphatic carbocycles. The number of aromatic nitrogens is 1. The lowest BCUT2D eigenvalue weighted by atomic mass is 9.95. The number of fused-ring (bicyclic) bond motifs is 1. The molecule has 590 valence electrons. The van der Waals surface area contributed by atoms with Crippen LogP contribution < -0.4 is 97.6 Å². The Kier molecular flexibility index (Phi) is 35.9. The number of para-hydroxylation sites is 1. The average Bonchev–Trinajstić information content (AvgIpc) is 0.949. The van der Waals surface area contributed by atoms with Gasteiger partial charge in [0.05, 0.1) is 19.2 Å². The van der Waals surface area contributed by atoms with Crippen molar-refractivity contribution in [2.24, 2.45) is 34.0 Å². The monoisotopic (exact) mass is 1510 g/mol. The number of carboxylic acid groups (broad SMARTS) is 1. The molecule has 5 rings (SSSR count). The number of likely N-dealkylation sites (N-methyl/N-ethyl adjacent to an activating group) is 1. The third-order valence-electron chi connectivity index (χ3n) is 18.3. The summed E-state index contributed by atoms with van der Waals surface area (Å²) in [4.78, 5) is 186. The van der Waals surface area contributed by atoms with Gasteiger partial charge in [-0.1, -0.05) is 114 Å². The minimum atomic E-state index is -1.70. The maximum absolute atomic E-state index is 14.7. The zero-order chi connectivity index (χ0) is 79.7. The van der Waals surface area contributed by atoms with Crippen molar-refractivity contribution < 1.29 is 79.5 Å². The number of anilines is 2. The largest absolute Gasteiger partial charge is 0.508 e. The quantitative estimate of drug-likeness (QED) is 0.00804. The highest BCUT2D eigenvalue weighted by Gasteiger charge is 2.37. The van der Waals surface area contributed by atoms with Gasteiger partial charge in [0, 0.05) is 75.9 Å². The first-order chi connectivity index (χ1) is 51.3. The molecular weight excluding hydrogens is 1400 g/mol. The number of carbonyl (C=O) groups is 11. The fourth-order valence-electron chi connectivity index (χ4n) is 12.1. The Morgan fingerprint density at radius 1 is 0.593 bits per heavy atom. The predicted octanol–water partition coefficient (Wildman–Crippen LogP) is -2.89. The van der Waals surface area contributed by atoms with E-state index >= 15 is 0 Å². The minimum absolute atomic E-state index is 0.000403. The molecule has 0 bridgehead atoms. The molecule has 0 saturated heterocycles. The molecule has 0 spiro atoms. The summed E-state index contributed by atoms with van der Waals surface area (Å²) in [5, 5.41) is 58.6. The maximum atomic E-state index is 14.7. The predicted molar refractivity (Wildman–Crippen MR) is 404 cm³/mol. The summed E-state index contributed by atoms with van der Waals surface area (Å²) in [6.45, 7) is 8.01. The van der Waals surface area contributed by atoms with Gasteiger partial charge >= 0.3 is 5.97 Å². The number of hydrogen-bond acceptors (Lipinski definition) is 18. The van der Waals surface area contributed by atoms with Crippen LogP contribution in [-0.4, -0.2) is 192 Å². The number of nitrogens with one attached hydrogen (secondary N) is 11. The number of carbonyl (C=O) groups excluding carboxylic acids is 10. The van der Waals surface area contributed by atoms with Crippen molar-refractivity contribution in [1.82, 2.24) is 52.8 Å². The van der Waals surface area contributed by atoms with Crippen LogP contribution in [0.1, 0.15) is 128 Å². The van der Waals surface area contributed by atoms with Crippen LogP contribution in [0.15, 0.2) is 99.6 Å². The Balaban J connectivity index is 1.28. The highest BCUT2D eigenvalue weighted by atomic mass is 16.4. The second kappa shape index (κ2) is 44.2. The van der Waals surface area contributed by atoms with E-state index < -0.39 is 149 Å². The molecule has 26 N–H and O–H groups in total. The van der Waals surface area contributed by atoms with Crippen molar-refractivity contribution >= 4 is 93.3 Å². The maximum Gasteiger partial charge on any atom is 0.326 e. The first kappa shape index (κ1) is 87.6. The highest BCUT2D eigenvalue weighted by molar-refractivity contribution is 5.98. The fraction of sp³-hybridized carbons (Fsp3) is 0.514. The van der Waals surface area contributed by atoms with Crippen molar-refractivity contribution in [3.8, 4) is 5.75 Å². The zero-order valence-corrected chi connectivity index (χ0v) is 62.3. The number of aliphatic hydroxyl groups excluding tert-OH is 1. The summed E-state index contributed by atoms with van der Waals surface area (Å²) in [5.74, 6) is -10.1. The molecule has 34 nitrogen and oxygen atoms in total. The molecule has 108 heavy (non-hydrogen) atoms. The lowest BCUT2D eigenvalue weighted by Crippen LogP contribution is -2.69. The van der Waals surface area contributed by atoms with E-state index in [1.54, 1.807) is 62.5 Å². The summed E-state index contributed by atoms with van der Waals surface area (Å²) in [7, 11) is 1.42. The molecule has 1 heterocycles. The number of nitrogens with zero attached hydrogens (tertiary/aromatic N) is 2. The Labute approximate surface area is 626 Å². The first-order valence-electron chi connectivity index (χ1n) is 36.5. The van der Waals surface area contributed by atoms with Crippen LogP contribution >= 0.6 is 0 Å². The molecule has 4 aromatic carbocycles. The van der Waals surface area contributed by atoms with Crippen LogP contribution in [-0.2, 0) is 72.0 Å². The number of nitrogens with two attached hydrogens (primary N) is 3. The summed E-state index contributed by atoms with van der Waals surface area (Å²) in [6.07, 6.45) is 4.38. The molecular formula is C74H110N18O16+2. The number of amides is 10. The summed E-state index contributed by atoms with van der Waals surface area (Å²) < 4.78 is 0. The zero-order valence-electron chi connectivity index (χ0n) is 62.3. The van der Waals surface area contributed by atoms with Gasteiger partial charge in [0.25, 0.3) is 16.8 Å². The van der Waals surface area contributed by atoms with E-state index in [0.717, 1.165) is 36.6 Å². The van der Waals surface area contributed by atoms with E-state index in [2.05, 4.69) is 81.5 Å². The lowest BCUT2D eigenvalue weighted by molar-refractivity contribution is -0.405. The number of unbranched alkanes of at least 4 members (excludes halogenated alkanes) is 3. The third kappa shape index (κ3) is 28.4. The topological polar surface area (TPSA) is 568 Å². The minimum Gasteiger partial charge on any atom is -0.508 e. The number of guanidine groups is 1. The molecule has 11 atom stereocenters. The van der Waals surface area contributed by atoms with Crippen molar-refractivity contribution in [2.75, 3.05) is 50.0 Å². The van der Waals surface area contributed by atoms with Crippen LogP contribution in [0, 0.1) is 11.8 Å². The van der Waals surface area contributed by atoms with Gasteiger partial charge in [-0.2, -0.15) is 0 Å². The first-order valence-corrected chi connectivity index (χ1v) is 36.5. The normalized spacial score (nSPS) is 14.3. The number of phenolic OH excluding ortho intramolecular Hbond substituents is 1. The molecule has 34 heteroatoms. The van der Waals surface area contributed by atoms with Gasteiger partial charge in [-0.3, -0.25) is 62.5 Å². The van der Waals surface area contributed by atoms with Gasteiger partial charge in [-0.15, -0.1) is 0 Å². The molecule has 10 amide bonds. The SMILES string of the molecule is CCCCCC(C)C[C@H](NC(=O)[C@@H](NC(=O)[C@H](CCCC[NH3+])NC(=O)[C@H](Cc1ccccc1)NC(=O)CNc1c(N(C)CCNC(=O)[C@@H](NC(=O)[C@H](Cc2ccc(O)cc2)NC(=O)[C@H](CCCN=C(N)N)NC(=O)[C@H](Cc2c[nH]c3ccccc23)NC(=O)[C@@H]([NH3+])CCC(N)=O)C(C)O)c(=O)c1=O)C(C)C)C(=O)O. The van der Waals surface area contributed by atoms with Crippen LogP contribution in [0.25, 0.3) is 10.9 Å². The van der Waals surface area contributed by atoms with Crippen molar-refractivity contribution in [1.29, 1.82) is 0 Å². The molecule has 0 aliphatic rings. The van der Waals surface area contributed by atoms with Crippen LogP contribution in [0.2, 0.25) is 0 Å². The molecule has 0 fully saturated rings. The van der Waals surface area contributed by atoms with Gasteiger partial charge in [0.15, 0.2) is 12.0 Å². The smallest absolute Gasteiger partial charge is 0.326 e. The third-order valence-corrected chi connectivity index (χ3v) is 18.3. The van der Waals surface area contributed by atoms with Gasteiger partial charge in [-0.25, -0.2) is 4.79 Å². The Morgan fingerprint density at radius 3 is 1.75 bits per heavy atom. The number of aliphatic carboxylic acids is 1. The summed E-state index contributed by atoms with van der Waals surface area (Å²) in [6, 6.07) is 9.47. The number of aliphatic imine (C=N–C) groups is 1. The van der Waals surface area contributed by atoms with Crippen LogP contribution in [0.3, 0.4) is 0 Å². The standard InChI is InChI=1S/C74H108N18O16/c1-7-8-10-18-42(4)35-56(73(107)108)89-72(106)59(41(2)3)90-67(101)51(23-15-16-31-75)85-68(102)53(36-44-19-11-9-12-20-44)84-58(96)40-83-61-62(64(98)63(61)97)92(6)34-33-80-71(105)60(43(5)93)91-70(104)54(37-45-25-27-47(94)28-26-45)88-66(100)52(24-17-32-81-74(78)79)86-69(103)55(87-65(99)49(76)29-30-57(77)95)38-46-39-82-50-22-14-13-21-48(46)50/h9,11-14,19-22,25-28,39,41-43,49,51-56,59-60,82-83,93-94H,7-8,10,15-18,23-24,29-38,40,75-76H2,1-6H3,(H2,77,95)(H,80,105)(H,84,96)(H,85,102)(H,86,103)(H,87,99)(H,88,100)(H,89,106)(H,90,101)(H,91,104)(H,107,108)(H4,78,79,81)/p+2/t42?,43?,49-,51-,52-,53-,54-,55-,56-,59-,60-/m0/s1. The van der Waals surface area contributed by atoms with E-state index in [1.807, 2.05) is 19.1 Å². The number of rotatable bonds is 49. The van der Waals surface area contributed by atoms with E-state index in [9.17, 15) is 77.6 Å². The Hall–Kier alpha value is -11.0. The summed E-state index contributed by atoms with van der Waals surface area (Å²) in [5.41, 5.74) is 24.3. The van der Waals surface area contributed by atoms with Gasteiger partial charge in [0.2, 0.25) is 53.2 Å². The van der Waals surface area contributed by atoms with Crippen molar-refractivity contribution in [3.63, 3.8) is 0 Å². The molecule has 2 unspecified atom stereocenters. The van der Waals surface area contributed by atoms with E-state index in [0.29, 0.717) is 36.1 Å². The number of primary amides is 1. The van der Waals surface area contributed by atoms with Gasteiger partial charge in [-0.05, 0) is 92.2 Å². The van der Waals surface area contributed by atoms with Crippen molar-refractivity contribution in [3.05, 3.63) is 122 Å². The number of carboxylic acids is 1. The van der Waals surface area contributed by atoms with E-state index in [1.165, 1.54) is 43.1 Å². The van der Waals surface area contributed by atoms with Crippen LogP contribution in [0.5, 0.6) is 5.75 Å². The molecule has 0 saturated carbocycles. The number of phenols is 1. The number of hydrogen-bond donors (Lipinski definition) is 19. The number of aromatic amines is 1. The van der Waals surface area contributed by atoms with E-state index in [-0.39, 0.29) is 106 Å². The number of aliphatic hydroxyl groups is 1. The number of benzene rings is 3. The van der Waals surface area contributed by atoms with Crippen LogP contribution in [0.4, 0.5) is 11.4 Å². The van der Waals surface area contributed by atoms with Crippen molar-refractivity contribution in [2.45, 2.75) is 191 Å². The van der Waals surface area contributed by atoms with Gasteiger partial charge in [0.1, 0.15) is 65.5 Å². The number of quaternary nitrogens is 2. The molecule has 5 aromatic rings. The Morgan fingerprint density at radius 2 is 1.14 bits per heavy atom. The highest BCUT2D eigenvalue weighted by Crippen LogP contribution is 2.22. The fourth-order valence-corrected chi connectivity index (χ4v) is 12.1. The second-order valence-corrected chi connectivity index (χ2v) is 27.6. The molecule has 0 aliphatic heterocycles.